The van der Waals surface area contributed by atoms with E-state index in [4.69, 9.17) is 33.7 Å². The number of hydrogen-bond donors (Lipinski definition) is 2. The maximum Gasteiger partial charge on any atom is 0.351 e. The highest BCUT2D eigenvalue weighted by Crippen LogP contribution is 2.39. The molecule has 0 aromatic carbocycles. The number of nitrogen functional groups attached to an aromatic ring is 1. The van der Waals surface area contributed by atoms with Gasteiger partial charge in [-0.3, -0.25) is 4.57 Å². The van der Waals surface area contributed by atoms with Crippen molar-refractivity contribution in [3.8, 4) is 0 Å². The maximum atomic E-state index is 11.7. The Labute approximate surface area is 113 Å². The maximum absolute atomic E-state index is 11.7. The average molecular weight is 294 g/mol. The molecule has 0 aliphatic carbocycles. The van der Waals surface area contributed by atoms with Crippen LogP contribution in [0.25, 0.3) is 0 Å². The number of aliphatic hydroxyl groups excluding tert-OH is 1. The Hall–Kier alpha value is -0.820. The van der Waals surface area contributed by atoms with Crippen LogP contribution in [0.4, 0.5) is 5.82 Å². The lowest BCUT2D eigenvalue weighted by atomic mass is 10.0. The van der Waals surface area contributed by atoms with Crippen LogP contribution in [0.3, 0.4) is 0 Å². The number of hydrogen-bond acceptors (Lipinski definition) is 5. The van der Waals surface area contributed by atoms with Crippen LogP contribution in [0.1, 0.15) is 12.6 Å². The highest BCUT2D eigenvalue weighted by Gasteiger charge is 2.46. The van der Waals surface area contributed by atoms with Crippen molar-refractivity contribution in [2.75, 3.05) is 18.2 Å². The summed E-state index contributed by atoms with van der Waals surface area (Å²) in [5.41, 5.74) is 3.94. The minimum absolute atomic E-state index is 0.0976. The Kier molecular flexibility index (Phi) is 3.82. The molecule has 2 heterocycles. The third-order valence-corrected chi connectivity index (χ3v) is 3.76. The molecule has 2 rings (SSSR count). The van der Waals surface area contributed by atoms with E-state index < -0.39 is 22.9 Å². The fourth-order valence-electron chi connectivity index (χ4n) is 1.92. The van der Waals surface area contributed by atoms with Crippen molar-refractivity contribution in [3.05, 3.63) is 22.7 Å². The molecule has 6 nitrogen and oxygen atoms in total. The predicted molar refractivity (Wildman–Crippen MR) is 67.8 cm³/mol. The second kappa shape index (κ2) is 5.05. The van der Waals surface area contributed by atoms with Gasteiger partial charge in [0.25, 0.3) is 0 Å². The van der Waals surface area contributed by atoms with Gasteiger partial charge in [-0.2, -0.15) is 4.98 Å². The zero-order valence-electron chi connectivity index (χ0n) is 9.42. The van der Waals surface area contributed by atoms with Crippen molar-refractivity contribution < 1.29 is 9.84 Å². The first kappa shape index (κ1) is 13.6. The van der Waals surface area contributed by atoms with Gasteiger partial charge in [0, 0.05) is 12.6 Å². The first-order valence-corrected chi connectivity index (χ1v) is 6.32. The number of aliphatic hydroxyl groups is 1. The summed E-state index contributed by atoms with van der Waals surface area (Å²) in [7, 11) is 0. The van der Waals surface area contributed by atoms with Crippen molar-refractivity contribution in [2.24, 2.45) is 0 Å². The largest absolute Gasteiger partial charge is 0.393 e. The molecule has 3 N–H and O–H groups in total. The van der Waals surface area contributed by atoms with Gasteiger partial charge in [0.05, 0.1) is 17.9 Å². The second-order valence-corrected chi connectivity index (χ2v) is 5.07. The second-order valence-electron chi connectivity index (χ2n) is 4.25. The van der Waals surface area contributed by atoms with Crippen LogP contribution in [0, 0.1) is 0 Å². The van der Waals surface area contributed by atoms with Gasteiger partial charge in [-0.05, 0) is 6.07 Å². The smallest absolute Gasteiger partial charge is 0.351 e. The van der Waals surface area contributed by atoms with E-state index in [2.05, 4.69) is 4.98 Å². The summed E-state index contributed by atoms with van der Waals surface area (Å²) in [5, 5.41) is 8.85. The van der Waals surface area contributed by atoms with Crippen LogP contribution in [0.15, 0.2) is 17.1 Å². The molecule has 8 heteroatoms. The third-order valence-electron chi connectivity index (χ3n) is 2.90. The van der Waals surface area contributed by atoms with Gasteiger partial charge in [0.2, 0.25) is 0 Å². The third kappa shape index (κ3) is 2.33. The van der Waals surface area contributed by atoms with Crippen LogP contribution in [0.2, 0.25) is 0 Å². The summed E-state index contributed by atoms with van der Waals surface area (Å²) >= 11 is 11.9. The number of halogens is 2. The monoisotopic (exact) mass is 293 g/mol. The molecule has 0 unspecified atom stereocenters. The molecule has 18 heavy (non-hydrogen) atoms. The van der Waals surface area contributed by atoms with E-state index in [9.17, 15) is 9.90 Å². The lowest BCUT2D eigenvalue weighted by Gasteiger charge is -2.24. The van der Waals surface area contributed by atoms with Gasteiger partial charge >= 0.3 is 5.69 Å². The average Bonchev–Trinajstić information content (AvgIpc) is 2.67. The van der Waals surface area contributed by atoms with Gasteiger partial charge in [0.1, 0.15) is 11.4 Å². The Balaban J connectivity index is 2.32. The molecule has 1 fully saturated rings. The Morgan fingerprint density at radius 2 is 2.44 bits per heavy atom. The summed E-state index contributed by atoms with van der Waals surface area (Å²) in [4.78, 5) is 15.3. The summed E-state index contributed by atoms with van der Waals surface area (Å²) < 4.78 is 6.88. The fourth-order valence-corrected chi connectivity index (χ4v) is 2.63. The van der Waals surface area contributed by atoms with E-state index in [1.165, 1.54) is 16.8 Å². The molecule has 1 aromatic heterocycles. The van der Waals surface area contributed by atoms with Gasteiger partial charge < -0.3 is 15.6 Å². The number of rotatable bonds is 3. The number of ether oxygens (including phenoxy) is 1. The lowest BCUT2D eigenvalue weighted by molar-refractivity contribution is -0.0855. The SMILES string of the molecule is Nc1ccn([C@H]2O[C@@](CO)(CCl)C[C@H]2Cl)c(=O)n1. The molecular weight excluding hydrogens is 281 g/mol. The minimum Gasteiger partial charge on any atom is -0.393 e. The van der Waals surface area contributed by atoms with Gasteiger partial charge in [-0.15, -0.1) is 23.2 Å². The van der Waals surface area contributed by atoms with Crippen LogP contribution in [-0.2, 0) is 4.74 Å². The number of alkyl halides is 2. The first-order valence-electron chi connectivity index (χ1n) is 5.35. The first-order chi connectivity index (χ1) is 8.51. The van der Waals surface area contributed by atoms with Crippen molar-refractivity contribution >= 4 is 29.0 Å². The van der Waals surface area contributed by atoms with Crippen LogP contribution >= 0.6 is 23.2 Å². The van der Waals surface area contributed by atoms with E-state index in [-0.39, 0.29) is 18.3 Å². The van der Waals surface area contributed by atoms with Crippen molar-refractivity contribution in [1.29, 1.82) is 0 Å². The number of aromatic nitrogens is 2. The molecular formula is C10H13Cl2N3O3. The lowest BCUT2D eigenvalue weighted by Crippen LogP contribution is -2.36. The van der Waals surface area contributed by atoms with E-state index in [1.54, 1.807) is 0 Å². The quantitative estimate of drug-likeness (QED) is 0.784. The van der Waals surface area contributed by atoms with Gasteiger partial charge in [-0.1, -0.05) is 0 Å². The normalized spacial score (nSPS) is 31.7. The van der Waals surface area contributed by atoms with E-state index in [0.29, 0.717) is 6.42 Å². The molecule has 3 atom stereocenters. The highest BCUT2D eigenvalue weighted by atomic mass is 35.5. The molecule has 0 spiro atoms. The van der Waals surface area contributed by atoms with Crippen LogP contribution in [0.5, 0.6) is 0 Å². The molecule has 0 amide bonds. The predicted octanol–water partition coefficient (Wildman–Crippen LogP) is 0.322. The molecule has 1 aliphatic heterocycles. The Morgan fingerprint density at radius 1 is 1.72 bits per heavy atom. The summed E-state index contributed by atoms with van der Waals surface area (Å²) in [6.07, 6.45) is 1.11. The van der Waals surface area contributed by atoms with E-state index >= 15 is 0 Å². The van der Waals surface area contributed by atoms with Crippen molar-refractivity contribution in [3.63, 3.8) is 0 Å². The molecule has 0 saturated carbocycles. The topological polar surface area (TPSA) is 90.4 Å². The number of nitrogens with two attached hydrogens (primary N) is 1. The van der Waals surface area contributed by atoms with E-state index in [1.807, 2.05) is 0 Å². The number of anilines is 1. The van der Waals surface area contributed by atoms with Crippen LogP contribution in [-0.4, -0.2) is 38.1 Å². The van der Waals surface area contributed by atoms with Gasteiger partial charge in [0.15, 0.2) is 6.23 Å². The molecule has 1 aliphatic rings. The fraction of sp³-hybridized carbons (Fsp3) is 0.600. The van der Waals surface area contributed by atoms with E-state index in [0.717, 1.165) is 0 Å². The zero-order valence-corrected chi connectivity index (χ0v) is 10.9. The standard InChI is InChI=1S/C10H13Cl2N3O3/c11-4-10(5-16)3-6(12)8(18-10)15-2-1-7(13)14-9(15)17/h1-2,6,8,16H,3-5H2,(H2,13,14,17)/t6-,8+,10-/m1/s1. The number of nitrogens with zero attached hydrogens (tertiary/aromatic N) is 2. The Bertz CT molecular complexity index is 490. The molecule has 0 radical (unpaired) electrons. The Morgan fingerprint density at radius 3 is 2.94 bits per heavy atom. The molecule has 1 aromatic rings. The van der Waals surface area contributed by atoms with Gasteiger partial charge in [-0.25, -0.2) is 4.79 Å². The molecule has 100 valence electrons. The van der Waals surface area contributed by atoms with Crippen molar-refractivity contribution in [2.45, 2.75) is 23.6 Å². The summed E-state index contributed by atoms with van der Waals surface area (Å²) in [5.74, 6) is 0.228. The summed E-state index contributed by atoms with van der Waals surface area (Å²) in [6, 6.07) is 1.48. The van der Waals surface area contributed by atoms with Crippen LogP contribution < -0.4 is 11.4 Å². The highest BCUT2D eigenvalue weighted by molar-refractivity contribution is 6.21. The minimum atomic E-state index is -0.917. The summed E-state index contributed by atoms with van der Waals surface area (Å²) in [6.45, 7) is -0.257. The zero-order chi connectivity index (χ0) is 13.3. The molecule has 1 saturated heterocycles. The van der Waals surface area contributed by atoms with Crippen molar-refractivity contribution in [1.82, 2.24) is 9.55 Å². The molecule has 0 bridgehead atoms.